The molecule has 0 aliphatic heterocycles. The standard InChI is InChI=1S/C11H7ClF2N2O2S/c12-11-2-1-6(19-11)5-15-9-4-10(16(17)18)8(14)3-7(9)13/h1-4,15H,5H2. The van der Waals surface area contributed by atoms with E-state index in [4.69, 9.17) is 11.6 Å². The Bertz CT molecular complexity index is 633. The predicted molar refractivity (Wildman–Crippen MR) is 69.7 cm³/mol. The van der Waals surface area contributed by atoms with E-state index in [1.54, 1.807) is 12.1 Å². The van der Waals surface area contributed by atoms with Gasteiger partial charge in [-0.05, 0) is 12.1 Å². The van der Waals surface area contributed by atoms with E-state index in [1.807, 2.05) is 0 Å². The van der Waals surface area contributed by atoms with Gasteiger partial charge in [0.25, 0.3) is 0 Å². The zero-order chi connectivity index (χ0) is 14.0. The SMILES string of the molecule is O=[N+]([O-])c1cc(NCc2ccc(Cl)s2)c(F)cc1F. The van der Waals surface area contributed by atoms with Crippen LogP contribution in [0.4, 0.5) is 20.2 Å². The van der Waals surface area contributed by atoms with Crippen molar-refractivity contribution in [2.75, 3.05) is 5.32 Å². The number of nitrogens with one attached hydrogen (secondary N) is 1. The van der Waals surface area contributed by atoms with Crippen molar-refractivity contribution < 1.29 is 13.7 Å². The summed E-state index contributed by atoms with van der Waals surface area (Å²) in [6, 6.07) is 4.75. The van der Waals surface area contributed by atoms with Crippen LogP contribution < -0.4 is 5.32 Å². The maximum Gasteiger partial charge on any atom is 0.307 e. The lowest BCUT2D eigenvalue weighted by Gasteiger charge is -2.06. The third-order valence-corrected chi connectivity index (χ3v) is 3.55. The van der Waals surface area contributed by atoms with E-state index in [-0.39, 0.29) is 12.2 Å². The van der Waals surface area contributed by atoms with Crippen molar-refractivity contribution in [1.82, 2.24) is 0 Å². The van der Waals surface area contributed by atoms with E-state index in [0.29, 0.717) is 10.4 Å². The van der Waals surface area contributed by atoms with Crippen LogP contribution in [-0.2, 0) is 6.54 Å². The number of halogens is 3. The highest BCUT2D eigenvalue weighted by atomic mass is 35.5. The topological polar surface area (TPSA) is 55.2 Å². The molecule has 2 rings (SSSR count). The highest BCUT2D eigenvalue weighted by molar-refractivity contribution is 7.16. The summed E-state index contributed by atoms with van der Waals surface area (Å²) >= 11 is 7.04. The Morgan fingerprint density at radius 1 is 1.32 bits per heavy atom. The Kier molecular flexibility index (Phi) is 3.96. The minimum atomic E-state index is -1.20. The van der Waals surface area contributed by atoms with Gasteiger partial charge in [0, 0.05) is 23.6 Å². The molecule has 0 fully saturated rings. The van der Waals surface area contributed by atoms with Gasteiger partial charge in [-0.2, -0.15) is 4.39 Å². The minimum absolute atomic E-state index is 0.127. The summed E-state index contributed by atoms with van der Waals surface area (Å²) in [5.74, 6) is -2.09. The number of hydrogen-bond acceptors (Lipinski definition) is 4. The summed E-state index contributed by atoms with van der Waals surface area (Å²) < 4.78 is 27.2. The fraction of sp³-hybridized carbons (Fsp3) is 0.0909. The number of rotatable bonds is 4. The monoisotopic (exact) mass is 304 g/mol. The Morgan fingerprint density at radius 2 is 2.05 bits per heavy atom. The normalized spacial score (nSPS) is 10.5. The van der Waals surface area contributed by atoms with E-state index in [0.717, 1.165) is 10.9 Å². The first-order chi connectivity index (χ1) is 8.97. The zero-order valence-electron chi connectivity index (χ0n) is 9.32. The van der Waals surface area contributed by atoms with Crippen LogP contribution in [0.5, 0.6) is 0 Å². The third-order valence-electron chi connectivity index (χ3n) is 2.32. The van der Waals surface area contributed by atoms with Gasteiger partial charge in [-0.1, -0.05) is 11.6 Å². The van der Waals surface area contributed by atoms with Gasteiger partial charge in [0.2, 0.25) is 5.82 Å². The van der Waals surface area contributed by atoms with Crippen LogP contribution in [-0.4, -0.2) is 4.92 Å². The second-order valence-electron chi connectivity index (χ2n) is 3.60. The summed E-state index contributed by atoms with van der Waals surface area (Å²) in [5.41, 5.74) is -0.897. The van der Waals surface area contributed by atoms with Crippen LogP contribution >= 0.6 is 22.9 Å². The molecule has 0 atom stereocenters. The maximum atomic E-state index is 13.5. The van der Waals surface area contributed by atoms with Crippen molar-refractivity contribution >= 4 is 34.3 Å². The van der Waals surface area contributed by atoms with Gasteiger partial charge >= 0.3 is 5.69 Å². The zero-order valence-corrected chi connectivity index (χ0v) is 10.9. The molecule has 100 valence electrons. The first-order valence-electron chi connectivity index (χ1n) is 5.09. The van der Waals surface area contributed by atoms with Crippen LogP contribution in [0.25, 0.3) is 0 Å². The molecule has 0 amide bonds. The van der Waals surface area contributed by atoms with Gasteiger partial charge < -0.3 is 5.32 Å². The molecule has 0 saturated heterocycles. The van der Waals surface area contributed by atoms with Gasteiger partial charge in [-0.25, -0.2) is 4.39 Å². The summed E-state index contributed by atoms with van der Waals surface area (Å²) in [5, 5.41) is 13.2. The Labute approximate surface area is 115 Å². The summed E-state index contributed by atoms with van der Waals surface area (Å²) in [7, 11) is 0. The minimum Gasteiger partial charge on any atom is -0.378 e. The second kappa shape index (κ2) is 5.50. The molecule has 1 heterocycles. The fourth-order valence-corrected chi connectivity index (χ4v) is 2.47. The van der Waals surface area contributed by atoms with Crippen molar-refractivity contribution in [3.05, 3.63) is 55.2 Å². The van der Waals surface area contributed by atoms with Gasteiger partial charge in [0.1, 0.15) is 5.82 Å². The largest absolute Gasteiger partial charge is 0.378 e. The Morgan fingerprint density at radius 3 is 2.63 bits per heavy atom. The van der Waals surface area contributed by atoms with Crippen LogP contribution in [0.3, 0.4) is 0 Å². The number of nitro groups is 1. The molecule has 1 aromatic carbocycles. The third kappa shape index (κ3) is 3.18. The second-order valence-corrected chi connectivity index (χ2v) is 5.40. The molecule has 0 unspecified atom stereocenters. The number of anilines is 1. The van der Waals surface area contributed by atoms with Gasteiger partial charge in [0.15, 0.2) is 0 Å². The van der Waals surface area contributed by atoms with Gasteiger partial charge in [-0.15, -0.1) is 11.3 Å². The van der Waals surface area contributed by atoms with E-state index in [2.05, 4.69) is 5.32 Å². The van der Waals surface area contributed by atoms with Crippen molar-refractivity contribution in [3.8, 4) is 0 Å². The molecule has 1 aromatic heterocycles. The molecule has 0 radical (unpaired) electrons. The van der Waals surface area contributed by atoms with Crippen molar-refractivity contribution in [2.24, 2.45) is 0 Å². The number of benzene rings is 1. The highest BCUT2D eigenvalue weighted by Crippen LogP contribution is 2.27. The van der Waals surface area contributed by atoms with Crippen molar-refractivity contribution in [3.63, 3.8) is 0 Å². The molecular weight excluding hydrogens is 298 g/mol. The molecule has 0 bridgehead atoms. The first kappa shape index (κ1) is 13.7. The maximum absolute atomic E-state index is 13.5. The molecule has 4 nitrogen and oxygen atoms in total. The molecule has 8 heteroatoms. The summed E-state index contributed by atoms with van der Waals surface area (Å²) in [4.78, 5) is 10.5. The average Bonchev–Trinajstić information content (AvgIpc) is 2.73. The summed E-state index contributed by atoms with van der Waals surface area (Å²) in [6.45, 7) is 0.247. The number of thiophene rings is 1. The van der Waals surface area contributed by atoms with E-state index in [1.165, 1.54) is 11.3 Å². The molecule has 0 saturated carbocycles. The first-order valence-corrected chi connectivity index (χ1v) is 6.28. The molecule has 0 aliphatic rings. The van der Waals surface area contributed by atoms with Crippen molar-refractivity contribution in [1.29, 1.82) is 0 Å². The Balaban J connectivity index is 2.20. The average molecular weight is 305 g/mol. The van der Waals surface area contributed by atoms with Crippen molar-refractivity contribution in [2.45, 2.75) is 6.54 Å². The molecule has 0 aliphatic carbocycles. The molecule has 19 heavy (non-hydrogen) atoms. The van der Waals surface area contributed by atoms with Crippen LogP contribution in [0, 0.1) is 21.7 Å². The lowest BCUT2D eigenvalue weighted by atomic mass is 10.2. The number of hydrogen-bond donors (Lipinski definition) is 1. The Hall–Kier alpha value is -1.73. The van der Waals surface area contributed by atoms with Gasteiger partial charge in [0.05, 0.1) is 14.9 Å². The smallest absolute Gasteiger partial charge is 0.307 e. The lowest BCUT2D eigenvalue weighted by Crippen LogP contribution is -2.02. The predicted octanol–water partition coefficient (Wildman–Crippen LogP) is 4.20. The lowest BCUT2D eigenvalue weighted by molar-refractivity contribution is -0.387. The summed E-state index contributed by atoms with van der Waals surface area (Å²) in [6.07, 6.45) is 0. The highest BCUT2D eigenvalue weighted by Gasteiger charge is 2.18. The van der Waals surface area contributed by atoms with Crippen LogP contribution in [0.1, 0.15) is 4.88 Å². The number of nitrogens with zero attached hydrogens (tertiary/aromatic N) is 1. The molecular formula is C11H7ClF2N2O2S. The number of nitro benzene ring substituents is 1. The molecule has 2 aromatic rings. The van der Waals surface area contributed by atoms with E-state index >= 15 is 0 Å². The van der Waals surface area contributed by atoms with Crippen LogP contribution in [0.2, 0.25) is 4.34 Å². The van der Waals surface area contributed by atoms with E-state index < -0.39 is 22.2 Å². The quantitative estimate of drug-likeness (QED) is 0.680. The molecule has 1 N–H and O–H groups in total. The van der Waals surface area contributed by atoms with E-state index in [9.17, 15) is 18.9 Å². The fourth-order valence-electron chi connectivity index (χ4n) is 1.44. The molecule has 0 spiro atoms. The van der Waals surface area contributed by atoms with Gasteiger partial charge in [-0.3, -0.25) is 10.1 Å². The van der Waals surface area contributed by atoms with Crippen LogP contribution in [0.15, 0.2) is 24.3 Å².